The van der Waals surface area contributed by atoms with Crippen molar-refractivity contribution >= 4 is 9.04 Å². The first-order valence-electron chi connectivity index (χ1n) is 7.02. The molecule has 0 aliphatic carbocycles. The van der Waals surface area contributed by atoms with Crippen molar-refractivity contribution in [3.63, 3.8) is 0 Å². The highest BCUT2D eigenvalue weighted by atomic mass is 28.3. The molecule has 3 nitrogen and oxygen atoms in total. The second kappa shape index (κ2) is 7.25. The monoisotopic (exact) mass is 295 g/mol. The van der Waals surface area contributed by atoms with Crippen LogP contribution in [0.3, 0.4) is 0 Å². The van der Waals surface area contributed by atoms with Gasteiger partial charge in [-0.2, -0.15) is 0 Å². The van der Waals surface area contributed by atoms with Crippen molar-refractivity contribution < 1.29 is 14.3 Å². The van der Waals surface area contributed by atoms with E-state index in [-0.39, 0.29) is 11.5 Å². The number of aliphatic hydroxyl groups excluding tert-OH is 1. The van der Waals surface area contributed by atoms with E-state index in [0.29, 0.717) is 6.42 Å². The molecule has 1 N–H and O–H groups in total. The molecule has 0 amide bonds. The molecule has 0 saturated heterocycles. The highest BCUT2D eigenvalue weighted by molar-refractivity contribution is 6.48. The van der Waals surface area contributed by atoms with Gasteiger partial charge < -0.3 is 14.3 Å². The van der Waals surface area contributed by atoms with Crippen LogP contribution in [0.2, 0.25) is 13.1 Å². The summed E-state index contributed by atoms with van der Waals surface area (Å²) >= 11 is 0. The molecule has 1 rings (SSSR count). The molecular formula is C16H27O3Si. The van der Waals surface area contributed by atoms with Crippen molar-refractivity contribution in [3.05, 3.63) is 29.8 Å². The number of hydrogen-bond donors (Lipinski definition) is 1. The zero-order valence-electron chi connectivity index (χ0n) is 13.4. The van der Waals surface area contributed by atoms with Crippen LogP contribution in [0, 0.1) is 5.41 Å². The molecule has 0 aromatic heterocycles. The summed E-state index contributed by atoms with van der Waals surface area (Å²) in [6.45, 7) is 10.5. The summed E-state index contributed by atoms with van der Waals surface area (Å²) in [5.74, 6) is 0.818. The van der Waals surface area contributed by atoms with Crippen LogP contribution in [0.4, 0.5) is 0 Å². The Kier molecular flexibility index (Phi) is 6.24. The van der Waals surface area contributed by atoms with E-state index in [1.54, 1.807) is 7.11 Å². The number of benzene rings is 1. The highest BCUT2D eigenvalue weighted by Gasteiger charge is 2.32. The molecule has 0 aliphatic rings. The summed E-state index contributed by atoms with van der Waals surface area (Å²) < 4.78 is 11.2. The molecule has 0 aliphatic heterocycles. The van der Waals surface area contributed by atoms with Crippen molar-refractivity contribution in [2.75, 3.05) is 7.11 Å². The summed E-state index contributed by atoms with van der Waals surface area (Å²) in [6.07, 6.45) is -0.0894. The van der Waals surface area contributed by atoms with Gasteiger partial charge in [0, 0.05) is 6.42 Å². The van der Waals surface area contributed by atoms with Crippen LogP contribution in [0.1, 0.15) is 26.3 Å². The lowest BCUT2D eigenvalue weighted by atomic mass is 9.84. The summed E-state index contributed by atoms with van der Waals surface area (Å²) in [5, 5.41) is 10.6. The largest absolute Gasteiger partial charge is 0.497 e. The van der Waals surface area contributed by atoms with Crippen molar-refractivity contribution in [1.29, 1.82) is 0 Å². The Balaban J connectivity index is 2.81. The molecule has 0 fully saturated rings. The van der Waals surface area contributed by atoms with Crippen LogP contribution >= 0.6 is 0 Å². The van der Waals surface area contributed by atoms with Gasteiger partial charge in [0.05, 0.1) is 19.3 Å². The Morgan fingerprint density at radius 3 is 2.40 bits per heavy atom. The van der Waals surface area contributed by atoms with E-state index in [1.165, 1.54) is 0 Å². The molecule has 1 aromatic carbocycles. The fraction of sp³-hybridized carbons (Fsp3) is 0.625. The van der Waals surface area contributed by atoms with E-state index < -0.39 is 15.1 Å². The van der Waals surface area contributed by atoms with Crippen LogP contribution in [0.25, 0.3) is 0 Å². The van der Waals surface area contributed by atoms with E-state index in [0.717, 1.165) is 11.3 Å². The molecule has 4 heteroatoms. The quantitative estimate of drug-likeness (QED) is 0.819. The first-order valence-corrected chi connectivity index (χ1v) is 9.42. The number of aliphatic hydroxyl groups is 1. The molecule has 1 radical (unpaired) electrons. The van der Waals surface area contributed by atoms with Crippen molar-refractivity contribution in [1.82, 2.24) is 0 Å². The molecule has 1 aromatic rings. The molecule has 1 unspecified atom stereocenters. The molecule has 0 bridgehead atoms. The third kappa shape index (κ3) is 5.27. The van der Waals surface area contributed by atoms with Gasteiger partial charge in [-0.25, -0.2) is 0 Å². The lowest BCUT2D eigenvalue weighted by Gasteiger charge is -2.36. The Bertz CT molecular complexity index is 412. The normalized spacial score (nSPS) is 15.2. The average Bonchev–Trinajstić information content (AvgIpc) is 2.34. The maximum absolute atomic E-state index is 10.6. The predicted molar refractivity (Wildman–Crippen MR) is 84.5 cm³/mol. The molecule has 0 saturated carbocycles. The standard InChI is InChI=1S/C16H27O3Si/c1-16(2,3)15(19-20(5)6)14(17)11-12-8-7-9-13(10-12)18-4/h7-10,14-15,17H,11H2,1-6H3/t14?,15-/m0/s1. The predicted octanol–water partition coefficient (Wildman–Crippen LogP) is 3.28. The third-order valence-corrected chi connectivity index (χ3v) is 3.87. The first-order chi connectivity index (χ1) is 9.24. The number of methoxy groups -OCH3 is 1. The summed E-state index contributed by atoms with van der Waals surface area (Å²) in [4.78, 5) is 0. The zero-order valence-corrected chi connectivity index (χ0v) is 14.4. The van der Waals surface area contributed by atoms with E-state index in [1.807, 2.05) is 24.3 Å². The van der Waals surface area contributed by atoms with Crippen LogP contribution in [0.5, 0.6) is 5.75 Å². The second-order valence-corrected chi connectivity index (χ2v) is 8.49. The number of rotatable bonds is 6. The first kappa shape index (κ1) is 17.2. The molecule has 113 valence electrons. The fourth-order valence-electron chi connectivity index (χ4n) is 2.23. The molecule has 2 atom stereocenters. The maximum atomic E-state index is 10.6. The van der Waals surface area contributed by atoms with Gasteiger partial charge in [0.25, 0.3) is 0 Å². The van der Waals surface area contributed by atoms with Gasteiger partial charge in [0.1, 0.15) is 5.75 Å². The Hall–Kier alpha value is -0.843. The van der Waals surface area contributed by atoms with Crippen LogP contribution < -0.4 is 4.74 Å². The molecule has 0 heterocycles. The summed E-state index contributed by atoms with van der Waals surface area (Å²) in [6, 6.07) is 7.83. The SMILES string of the molecule is COc1cccc(CC(O)[C@H](O[Si](C)C)C(C)(C)C)c1. The van der Waals surface area contributed by atoms with Gasteiger partial charge >= 0.3 is 0 Å². The van der Waals surface area contributed by atoms with Gasteiger partial charge in [-0.05, 0) is 36.2 Å². The maximum Gasteiger partial charge on any atom is 0.205 e. The van der Waals surface area contributed by atoms with Crippen LogP contribution in [-0.2, 0) is 10.8 Å². The summed E-state index contributed by atoms with van der Waals surface area (Å²) in [5.41, 5.74) is 0.982. The van der Waals surface area contributed by atoms with E-state index >= 15 is 0 Å². The minimum absolute atomic E-state index is 0.0831. The molecule has 0 spiro atoms. The highest BCUT2D eigenvalue weighted by Crippen LogP contribution is 2.28. The fourth-order valence-corrected chi connectivity index (χ4v) is 3.25. The second-order valence-electron chi connectivity index (χ2n) is 6.44. The Morgan fingerprint density at radius 2 is 1.90 bits per heavy atom. The minimum atomic E-state index is -0.849. The lowest BCUT2D eigenvalue weighted by Crippen LogP contribution is -2.43. The zero-order chi connectivity index (χ0) is 15.3. The molecule has 20 heavy (non-hydrogen) atoms. The van der Waals surface area contributed by atoms with Gasteiger partial charge in [-0.15, -0.1) is 0 Å². The lowest BCUT2D eigenvalue weighted by molar-refractivity contribution is -0.0276. The van der Waals surface area contributed by atoms with E-state index in [9.17, 15) is 5.11 Å². The minimum Gasteiger partial charge on any atom is -0.497 e. The van der Waals surface area contributed by atoms with Gasteiger partial charge in [-0.1, -0.05) is 32.9 Å². The topological polar surface area (TPSA) is 38.7 Å². The number of hydrogen-bond acceptors (Lipinski definition) is 3. The number of ether oxygens (including phenoxy) is 1. The average molecular weight is 295 g/mol. The van der Waals surface area contributed by atoms with Crippen LogP contribution in [-0.4, -0.2) is 33.5 Å². The van der Waals surface area contributed by atoms with Crippen LogP contribution in [0.15, 0.2) is 24.3 Å². The van der Waals surface area contributed by atoms with E-state index in [2.05, 4.69) is 33.9 Å². The Labute approximate surface area is 124 Å². The van der Waals surface area contributed by atoms with Gasteiger partial charge in [0.15, 0.2) is 0 Å². The smallest absolute Gasteiger partial charge is 0.205 e. The molecular weight excluding hydrogens is 268 g/mol. The van der Waals surface area contributed by atoms with E-state index in [4.69, 9.17) is 9.16 Å². The van der Waals surface area contributed by atoms with Gasteiger partial charge in [0.2, 0.25) is 9.04 Å². The van der Waals surface area contributed by atoms with Crippen molar-refractivity contribution in [2.24, 2.45) is 5.41 Å². The van der Waals surface area contributed by atoms with Crippen molar-refractivity contribution in [3.8, 4) is 5.75 Å². The summed E-state index contributed by atoms with van der Waals surface area (Å²) in [7, 11) is 0.803. The van der Waals surface area contributed by atoms with Gasteiger partial charge in [-0.3, -0.25) is 0 Å². The Morgan fingerprint density at radius 1 is 1.25 bits per heavy atom. The van der Waals surface area contributed by atoms with Crippen molar-refractivity contribution in [2.45, 2.75) is 52.5 Å². The third-order valence-electron chi connectivity index (χ3n) is 3.14.